The van der Waals surface area contributed by atoms with Crippen LogP contribution in [-0.2, 0) is 14.3 Å². The summed E-state index contributed by atoms with van der Waals surface area (Å²) in [5.74, 6) is 0.228. The molecule has 0 aromatic carbocycles. The molecule has 27 heavy (non-hydrogen) atoms. The highest BCUT2D eigenvalue weighted by molar-refractivity contribution is 5.79. The number of piperazine rings is 1. The second kappa shape index (κ2) is 11.0. The Morgan fingerprint density at radius 2 is 1.48 bits per heavy atom. The van der Waals surface area contributed by atoms with Crippen molar-refractivity contribution >= 4 is 11.8 Å². The van der Waals surface area contributed by atoms with Crippen LogP contribution >= 0.6 is 0 Å². The first-order valence-corrected chi connectivity index (χ1v) is 10.8. The average molecular weight is 381 g/mol. The molecule has 3 rings (SSSR count). The molecule has 1 aliphatic heterocycles. The highest BCUT2D eigenvalue weighted by Crippen LogP contribution is 2.20. The number of amides is 2. The molecule has 154 valence electrons. The summed E-state index contributed by atoms with van der Waals surface area (Å²) in [6, 6.07) is 0.426. The minimum absolute atomic E-state index is 0.0904. The van der Waals surface area contributed by atoms with Crippen LogP contribution < -0.4 is 10.6 Å². The lowest BCUT2D eigenvalue weighted by Crippen LogP contribution is -2.51. The van der Waals surface area contributed by atoms with Crippen molar-refractivity contribution in [3.63, 3.8) is 0 Å². The molecule has 2 N–H and O–H groups in total. The molecule has 2 aliphatic carbocycles. The van der Waals surface area contributed by atoms with Gasteiger partial charge in [-0.1, -0.05) is 19.3 Å². The van der Waals surface area contributed by atoms with E-state index in [2.05, 4.69) is 20.4 Å². The number of nitrogens with one attached hydrogen (secondary N) is 2. The zero-order valence-corrected chi connectivity index (χ0v) is 16.6. The van der Waals surface area contributed by atoms with Crippen molar-refractivity contribution in [2.45, 2.75) is 63.5 Å². The molecule has 2 saturated carbocycles. The zero-order chi connectivity index (χ0) is 18.9. The van der Waals surface area contributed by atoms with Crippen molar-refractivity contribution in [3.8, 4) is 0 Å². The summed E-state index contributed by atoms with van der Waals surface area (Å²) in [7, 11) is 0. The number of hydrogen-bond acceptors (Lipinski definition) is 5. The van der Waals surface area contributed by atoms with Gasteiger partial charge in [-0.25, -0.2) is 0 Å². The molecule has 3 aliphatic rings. The maximum Gasteiger partial charge on any atom is 0.234 e. The summed E-state index contributed by atoms with van der Waals surface area (Å²) in [6.07, 6.45) is 9.89. The molecule has 7 nitrogen and oxygen atoms in total. The van der Waals surface area contributed by atoms with E-state index >= 15 is 0 Å². The topological polar surface area (TPSA) is 73.9 Å². The Hall–Kier alpha value is -1.18. The van der Waals surface area contributed by atoms with Gasteiger partial charge in [-0.3, -0.25) is 19.4 Å². The van der Waals surface area contributed by atoms with Crippen molar-refractivity contribution in [1.82, 2.24) is 20.4 Å². The van der Waals surface area contributed by atoms with Crippen LogP contribution in [0.15, 0.2) is 0 Å². The van der Waals surface area contributed by atoms with Crippen LogP contribution in [0.2, 0.25) is 0 Å². The third-order valence-electron chi connectivity index (χ3n) is 5.69. The van der Waals surface area contributed by atoms with Gasteiger partial charge >= 0.3 is 0 Å². The van der Waals surface area contributed by atoms with E-state index in [1.165, 1.54) is 32.1 Å². The Bertz CT molecular complexity index is 470. The molecule has 0 radical (unpaired) electrons. The van der Waals surface area contributed by atoms with E-state index in [0.717, 1.165) is 52.0 Å². The predicted octanol–water partition coefficient (Wildman–Crippen LogP) is 0.738. The van der Waals surface area contributed by atoms with Gasteiger partial charge in [0.25, 0.3) is 0 Å². The predicted molar refractivity (Wildman–Crippen MR) is 104 cm³/mol. The van der Waals surface area contributed by atoms with Crippen molar-refractivity contribution in [2.24, 2.45) is 0 Å². The van der Waals surface area contributed by atoms with Gasteiger partial charge in [0.15, 0.2) is 0 Å². The van der Waals surface area contributed by atoms with E-state index < -0.39 is 0 Å². The number of ether oxygens (including phenoxy) is 1. The SMILES string of the molecule is O=C(CN1CCN(CC(=O)NC2CC2)CC1)NCCCOC1CCCCC1. The molecular weight excluding hydrogens is 344 g/mol. The lowest BCUT2D eigenvalue weighted by Gasteiger charge is -2.33. The van der Waals surface area contributed by atoms with E-state index in [-0.39, 0.29) is 11.8 Å². The Morgan fingerprint density at radius 3 is 2.11 bits per heavy atom. The quantitative estimate of drug-likeness (QED) is 0.547. The smallest absolute Gasteiger partial charge is 0.234 e. The van der Waals surface area contributed by atoms with Crippen LogP contribution in [0.4, 0.5) is 0 Å². The van der Waals surface area contributed by atoms with Gasteiger partial charge in [-0.15, -0.1) is 0 Å². The fraction of sp³-hybridized carbons (Fsp3) is 0.900. The molecule has 0 spiro atoms. The van der Waals surface area contributed by atoms with Crippen molar-refractivity contribution in [2.75, 3.05) is 52.4 Å². The number of rotatable bonds is 10. The first-order chi connectivity index (χ1) is 13.2. The summed E-state index contributed by atoms with van der Waals surface area (Å²) >= 11 is 0. The minimum Gasteiger partial charge on any atom is -0.378 e. The highest BCUT2D eigenvalue weighted by atomic mass is 16.5. The first-order valence-electron chi connectivity index (χ1n) is 10.8. The van der Waals surface area contributed by atoms with Crippen LogP contribution in [0.25, 0.3) is 0 Å². The molecule has 1 heterocycles. The summed E-state index contributed by atoms with van der Waals surface area (Å²) in [4.78, 5) is 28.3. The Kier molecular flexibility index (Phi) is 8.35. The number of nitrogens with zero attached hydrogens (tertiary/aromatic N) is 2. The van der Waals surface area contributed by atoms with E-state index in [9.17, 15) is 9.59 Å². The van der Waals surface area contributed by atoms with Crippen LogP contribution in [-0.4, -0.2) is 86.2 Å². The van der Waals surface area contributed by atoms with E-state index in [1.807, 2.05) is 0 Å². The fourth-order valence-corrected chi connectivity index (χ4v) is 3.85. The van der Waals surface area contributed by atoms with Gasteiger partial charge in [-0.2, -0.15) is 0 Å². The second-order valence-electron chi connectivity index (χ2n) is 8.23. The minimum atomic E-state index is 0.0904. The molecule has 0 aromatic rings. The third kappa shape index (κ3) is 8.15. The zero-order valence-electron chi connectivity index (χ0n) is 16.6. The van der Waals surface area contributed by atoms with Gasteiger partial charge in [0, 0.05) is 45.4 Å². The number of carbonyl (C=O) groups excluding carboxylic acids is 2. The molecular formula is C20H36N4O3. The molecule has 0 unspecified atom stereocenters. The highest BCUT2D eigenvalue weighted by Gasteiger charge is 2.25. The number of carbonyl (C=O) groups is 2. The van der Waals surface area contributed by atoms with Crippen LogP contribution in [0.3, 0.4) is 0 Å². The molecule has 3 fully saturated rings. The monoisotopic (exact) mass is 380 g/mol. The van der Waals surface area contributed by atoms with Crippen LogP contribution in [0.5, 0.6) is 0 Å². The van der Waals surface area contributed by atoms with Crippen LogP contribution in [0.1, 0.15) is 51.4 Å². The fourth-order valence-electron chi connectivity index (χ4n) is 3.85. The standard InChI is InChI=1S/C20H36N4O3/c25-19(21-9-4-14-27-18-5-2-1-3-6-18)15-23-10-12-24(13-11-23)16-20(26)22-17-7-8-17/h17-18H,1-16H2,(H,21,25)(H,22,26). The van der Waals surface area contributed by atoms with Gasteiger partial charge < -0.3 is 15.4 Å². The van der Waals surface area contributed by atoms with Gasteiger partial charge in [0.2, 0.25) is 11.8 Å². The van der Waals surface area contributed by atoms with Gasteiger partial charge in [0.1, 0.15) is 0 Å². The maximum atomic E-state index is 12.1. The molecule has 0 aromatic heterocycles. The van der Waals surface area contributed by atoms with E-state index in [0.29, 0.717) is 31.8 Å². The second-order valence-corrected chi connectivity index (χ2v) is 8.23. The lowest BCUT2D eigenvalue weighted by atomic mass is 9.98. The van der Waals surface area contributed by atoms with Crippen LogP contribution in [0, 0.1) is 0 Å². The largest absolute Gasteiger partial charge is 0.378 e. The summed E-state index contributed by atoms with van der Waals surface area (Å²) in [5.41, 5.74) is 0. The summed E-state index contributed by atoms with van der Waals surface area (Å²) < 4.78 is 5.89. The van der Waals surface area contributed by atoms with Crippen molar-refractivity contribution in [3.05, 3.63) is 0 Å². The summed E-state index contributed by atoms with van der Waals surface area (Å²) in [6.45, 7) is 5.74. The van der Waals surface area contributed by atoms with E-state index in [4.69, 9.17) is 4.74 Å². The maximum absolute atomic E-state index is 12.1. The molecule has 0 atom stereocenters. The first kappa shape index (κ1) is 20.6. The van der Waals surface area contributed by atoms with E-state index in [1.54, 1.807) is 0 Å². The number of hydrogen-bond donors (Lipinski definition) is 2. The van der Waals surface area contributed by atoms with Crippen molar-refractivity contribution < 1.29 is 14.3 Å². The molecule has 0 bridgehead atoms. The van der Waals surface area contributed by atoms with Crippen molar-refractivity contribution in [1.29, 1.82) is 0 Å². The average Bonchev–Trinajstić information content (AvgIpc) is 3.48. The van der Waals surface area contributed by atoms with Gasteiger partial charge in [-0.05, 0) is 32.1 Å². The molecule has 7 heteroatoms. The summed E-state index contributed by atoms with van der Waals surface area (Å²) in [5, 5.41) is 6.03. The lowest BCUT2D eigenvalue weighted by molar-refractivity contribution is -0.125. The normalized spacial score (nSPS) is 22.5. The Morgan fingerprint density at radius 1 is 0.852 bits per heavy atom. The molecule has 2 amide bonds. The molecule has 1 saturated heterocycles. The van der Waals surface area contributed by atoms with Gasteiger partial charge in [0.05, 0.1) is 19.2 Å². The Balaban J connectivity index is 1.18. The Labute approximate surface area is 163 Å². The third-order valence-corrected chi connectivity index (χ3v) is 5.69.